The predicted octanol–water partition coefficient (Wildman–Crippen LogP) is 0.845. The summed E-state index contributed by atoms with van der Waals surface area (Å²) >= 11 is 0. The van der Waals surface area contributed by atoms with Gasteiger partial charge in [-0.1, -0.05) is 0 Å². The second-order valence-electron chi connectivity index (χ2n) is 2.46. The Morgan fingerprint density at radius 3 is 2.42 bits per heavy atom. The maximum absolute atomic E-state index is 11.0. The lowest BCUT2D eigenvalue weighted by Crippen LogP contribution is -2.21. The molecular formula is C8H14O4. The van der Waals surface area contributed by atoms with Crippen LogP contribution in [0.4, 0.5) is 0 Å². The number of carboxylic acids is 1. The number of hydrogen-bond acceptors (Lipinski definition) is 3. The van der Waals surface area contributed by atoms with Crippen molar-refractivity contribution < 1.29 is 19.4 Å². The third-order valence-corrected chi connectivity index (χ3v) is 1.46. The number of ketones is 1. The number of Topliss-reactive ketones (excluding diaryl/α,β-unsaturated/α-hetero) is 1. The molecule has 0 saturated heterocycles. The van der Waals surface area contributed by atoms with E-state index in [0.29, 0.717) is 6.61 Å². The van der Waals surface area contributed by atoms with Crippen LogP contribution in [0.25, 0.3) is 0 Å². The fraction of sp³-hybridized carbons (Fsp3) is 0.750. The molecule has 0 aromatic carbocycles. The Kier molecular flexibility index (Phi) is 5.28. The highest BCUT2D eigenvalue weighted by Crippen LogP contribution is 1.99. The van der Waals surface area contributed by atoms with Crippen molar-refractivity contribution in [1.29, 1.82) is 0 Å². The van der Waals surface area contributed by atoms with E-state index in [0.717, 1.165) is 0 Å². The molecule has 0 rings (SSSR count). The number of ether oxygens (including phenoxy) is 1. The summed E-state index contributed by atoms with van der Waals surface area (Å²) in [5.74, 6) is -1.11. The molecule has 70 valence electrons. The minimum absolute atomic E-state index is 0.0521. The van der Waals surface area contributed by atoms with E-state index in [1.807, 2.05) is 0 Å². The molecule has 4 heteroatoms. The smallest absolute Gasteiger partial charge is 0.303 e. The molecule has 0 aromatic rings. The number of aliphatic carboxylic acids is 1. The fourth-order valence-electron chi connectivity index (χ4n) is 0.776. The van der Waals surface area contributed by atoms with Gasteiger partial charge in [0.2, 0.25) is 0 Å². The van der Waals surface area contributed by atoms with Crippen LogP contribution in [0.1, 0.15) is 26.7 Å². The Morgan fingerprint density at radius 2 is 2.00 bits per heavy atom. The summed E-state index contributed by atoms with van der Waals surface area (Å²) in [7, 11) is 0. The lowest BCUT2D eigenvalue weighted by molar-refractivity contribution is -0.140. The number of carbonyl (C=O) groups excluding carboxylic acids is 1. The Morgan fingerprint density at radius 1 is 1.42 bits per heavy atom. The summed E-state index contributed by atoms with van der Waals surface area (Å²) in [6.07, 6.45) is -0.540. The van der Waals surface area contributed by atoms with E-state index in [2.05, 4.69) is 0 Å². The van der Waals surface area contributed by atoms with Gasteiger partial charge in [0, 0.05) is 13.0 Å². The average Bonchev–Trinajstić information content (AvgIpc) is 2.00. The van der Waals surface area contributed by atoms with Crippen molar-refractivity contribution in [2.75, 3.05) is 6.61 Å². The maximum atomic E-state index is 11.0. The molecule has 0 heterocycles. The monoisotopic (exact) mass is 174 g/mol. The van der Waals surface area contributed by atoms with Crippen molar-refractivity contribution in [3.8, 4) is 0 Å². The molecule has 0 amide bonds. The van der Waals surface area contributed by atoms with Crippen molar-refractivity contribution in [3.63, 3.8) is 0 Å². The molecule has 0 fully saturated rings. The van der Waals surface area contributed by atoms with E-state index in [4.69, 9.17) is 9.84 Å². The molecule has 0 spiro atoms. The first kappa shape index (κ1) is 11.1. The van der Waals surface area contributed by atoms with Crippen molar-refractivity contribution in [2.24, 2.45) is 0 Å². The molecule has 4 nitrogen and oxygen atoms in total. The van der Waals surface area contributed by atoms with Crippen molar-refractivity contribution in [1.82, 2.24) is 0 Å². The number of carboxylic acid groups (broad SMARTS) is 1. The quantitative estimate of drug-likeness (QED) is 0.648. The molecule has 0 radical (unpaired) electrons. The van der Waals surface area contributed by atoms with Gasteiger partial charge in [0.25, 0.3) is 0 Å². The lowest BCUT2D eigenvalue weighted by atomic mass is 10.1. The molecule has 1 atom stereocenters. The van der Waals surface area contributed by atoms with E-state index in [1.165, 1.54) is 0 Å². The summed E-state index contributed by atoms with van der Waals surface area (Å²) in [4.78, 5) is 21.1. The van der Waals surface area contributed by atoms with E-state index < -0.39 is 12.1 Å². The highest BCUT2D eigenvalue weighted by atomic mass is 16.5. The van der Waals surface area contributed by atoms with Crippen LogP contribution in [0.5, 0.6) is 0 Å². The first-order chi connectivity index (χ1) is 5.57. The van der Waals surface area contributed by atoms with Gasteiger partial charge in [-0.15, -0.1) is 0 Å². The Labute approximate surface area is 71.5 Å². The molecule has 12 heavy (non-hydrogen) atoms. The van der Waals surface area contributed by atoms with Crippen molar-refractivity contribution in [3.05, 3.63) is 0 Å². The van der Waals surface area contributed by atoms with E-state index in [-0.39, 0.29) is 18.6 Å². The highest BCUT2D eigenvalue weighted by molar-refractivity contribution is 5.85. The minimum Gasteiger partial charge on any atom is -0.481 e. The highest BCUT2D eigenvalue weighted by Gasteiger charge is 2.13. The third kappa shape index (κ3) is 4.85. The van der Waals surface area contributed by atoms with Crippen LogP contribution in [0.15, 0.2) is 0 Å². The standard InChI is InChI=1S/C8H14O4/c1-3-12-6(2)7(9)4-5-8(10)11/h6H,3-5H2,1-2H3,(H,10,11). The topological polar surface area (TPSA) is 63.6 Å². The van der Waals surface area contributed by atoms with Gasteiger partial charge in [0.1, 0.15) is 6.10 Å². The first-order valence-corrected chi connectivity index (χ1v) is 3.94. The fourth-order valence-corrected chi connectivity index (χ4v) is 0.776. The van der Waals surface area contributed by atoms with E-state index in [1.54, 1.807) is 13.8 Å². The average molecular weight is 174 g/mol. The van der Waals surface area contributed by atoms with Crippen LogP contribution in [0, 0.1) is 0 Å². The van der Waals surface area contributed by atoms with Gasteiger partial charge in [0.15, 0.2) is 5.78 Å². The summed E-state index contributed by atoms with van der Waals surface area (Å²) in [5, 5.41) is 8.28. The number of carbonyl (C=O) groups is 2. The van der Waals surface area contributed by atoms with Gasteiger partial charge in [0.05, 0.1) is 6.42 Å². The largest absolute Gasteiger partial charge is 0.481 e. The zero-order chi connectivity index (χ0) is 9.56. The maximum Gasteiger partial charge on any atom is 0.303 e. The van der Waals surface area contributed by atoms with Crippen LogP contribution in [-0.2, 0) is 14.3 Å². The van der Waals surface area contributed by atoms with Crippen molar-refractivity contribution >= 4 is 11.8 Å². The summed E-state index contributed by atoms with van der Waals surface area (Å²) in [6.45, 7) is 3.90. The normalized spacial score (nSPS) is 12.5. The Bertz CT molecular complexity index is 164. The third-order valence-electron chi connectivity index (χ3n) is 1.46. The summed E-state index contributed by atoms with van der Waals surface area (Å²) in [5.41, 5.74) is 0. The van der Waals surface area contributed by atoms with Gasteiger partial charge in [-0.3, -0.25) is 9.59 Å². The van der Waals surface area contributed by atoms with Crippen LogP contribution in [-0.4, -0.2) is 29.6 Å². The van der Waals surface area contributed by atoms with Crippen LogP contribution < -0.4 is 0 Å². The lowest BCUT2D eigenvalue weighted by Gasteiger charge is -2.08. The van der Waals surface area contributed by atoms with Crippen molar-refractivity contribution in [2.45, 2.75) is 32.8 Å². The summed E-state index contributed by atoms with van der Waals surface area (Å²) < 4.78 is 4.99. The Balaban J connectivity index is 3.64. The number of rotatable bonds is 6. The molecule has 0 saturated carbocycles. The minimum atomic E-state index is -0.952. The zero-order valence-electron chi connectivity index (χ0n) is 7.37. The van der Waals surface area contributed by atoms with E-state index in [9.17, 15) is 9.59 Å². The van der Waals surface area contributed by atoms with Gasteiger partial charge in [-0.2, -0.15) is 0 Å². The van der Waals surface area contributed by atoms with E-state index >= 15 is 0 Å². The first-order valence-electron chi connectivity index (χ1n) is 3.94. The molecule has 0 aliphatic rings. The molecule has 0 bridgehead atoms. The molecule has 1 N–H and O–H groups in total. The molecule has 0 aliphatic carbocycles. The molecule has 0 aliphatic heterocycles. The zero-order valence-corrected chi connectivity index (χ0v) is 7.37. The molecular weight excluding hydrogens is 160 g/mol. The summed E-state index contributed by atoms with van der Waals surface area (Å²) in [6, 6.07) is 0. The van der Waals surface area contributed by atoms with Crippen LogP contribution >= 0.6 is 0 Å². The van der Waals surface area contributed by atoms with Gasteiger partial charge < -0.3 is 9.84 Å². The van der Waals surface area contributed by atoms with Gasteiger partial charge in [-0.25, -0.2) is 0 Å². The van der Waals surface area contributed by atoms with Gasteiger partial charge >= 0.3 is 5.97 Å². The number of hydrogen-bond donors (Lipinski definition) is 1. The molecule has 1 unspecified atom stereocenters. The second kappa shape index (κ2) is 5.71. The van der Waals surface area contributed by atoms with Crippen LogP contribution in [0.3, 0.4) is 0 Å². The predicted molar refractivity (Wildman–Crippen MR) is 43.0 cm³/mol. The molecule has 0 aromatic heterocycles. The SMILES string of the molecule is CCOC(C)C(=O)CCC(=O)O. The van der Waals surface area contributed by atoms with Gasteiger partial charge in [-0.05, 0) is 13.8 Å². The Hall–Kier alpha value is -0.900. The second-order valence-corrected chi connectivity index (χ2v) is 2.46. The van der Waals surface area contributed by atoms with Crippen LogP contribution in [0.2, 0.25) is 0 Å².